The van der Waals surface area contributed by atoms with Gasteiger partial charge in [-0.05, 0) is 18.8 Å². The number of urea groups is 1. The first-order chi connectivity index (χ1) is 9.86. The Hall–Kier alpha value is -1.79. The number of nitrogens with one attached hydrogen (secondary N) is 1. The number of aliphatic carboxylic acids is 1. The van der Waals surface area contributed by atoms with Gasteiger partial charge >= 0.3 is 12.0 Å². The Morgan fingerprint density at radius 2 is 2.00 bits per heavy atom. The highest BCUT2D eigenvalue weighted by Gasteiger charge is 2.49. The van der Waals surface area contributed by atoms with Crippen molar-refractivity contribution in [3.05, 3.63) is 0 Å². The van der Waals surface area contributed by atoms with E-state index in [1.807, 2.05) is 13.8 Å². The lowest BCUT2D eigenvalue weighted by atomic mass is 9.76. The molecule has 2 aliphatic rings. The van der Waals surface area contributed by atoms with Crippen LogP contribution in [0.3, 0.4) is 0 Å². The third-order valence-corrected chi connectivity index (χ3v) is 4.63. The van der Waals surface area contributed by atoms with E-state index in [1.165, 1.54) is 4.90 Å². The lowest BCUT2D eigenvalue weighted by molar-refractivity contribution is -0.150. The molecule has 0 aliphatic carbocycles. The van der Waals surface area contributed by atoms with E-state index in [9.17, 15) is 19.5 Å². The molecule has 0 aromatic rings. The SMILES string of the molecule is CC(C)C1(C(=O)O)CCN(C(=O)N2CCCNC(=O)C2)C1. The normalized spacial score (nSPS) is 26.7. The number of carbonyl (C=O) groups is 3. The van der Waals surface area contributed by atoms with Crippen molar-refractivity contribution in [3.63, 3.8) is 0 Å². The highest BCUT2D eigenvalue weighted by atomic mass is 16.4. The van der Waals surface area contributed by atoms with E-state index in [-0.39, 0.29) is 30.9 Å². The van der Waals surface area contributed by atoms with Crippen molar-refractivity contribution in [1.29, 1.82) is 0 Å². The van der Waals surface area contributed by atoms with Gasteiger partial charge in [-0.2, -0.15) is 0 Å². The Morgan fingerprint density at radius 3 is 2.57 bits per heavy atom. The number of amides is 3. The van der Waals surface area contributed by atoms with Gasteiger partial charge in [0.2, 0.25) is 5.91 Å². The van der Waals surface area contributed by atoms with E-state index in [4.69, 9.17) is 0 Å². The van der Waals surface area contributed by atoms with Gasteiger partial charge in [0.1, 0.15) is 6.54 Å². The molecule has 2 saturated heterocycles. The fourth-order valence-corrected chi connectivity index (χ4v) is 3.06. The second-order valence-electron chi connectivity index (χ2n) is 6.20. The van der Waals surface area contributed by atoms with Gasteiger partial charge in [0.05, 0.1) is 5.41 Å². The number of nitrogens with zero attached hydrogens (tertiary/aromatic N) is 2. The Balaban J connectivity index is 2.07. The summed E-state index contributed by atoms with van der Waals surface area (Å²) in [5, 5.41) is 12.2. The number of carboxylic acid groups (broad SMARTS) is 1. The van der Waals surface area contributed by atoms with Crippen LogP contribution < -0.4 is 5.32 Å². The first-order valence-corrected chi connectivity index (χ1v) is 7.41. The summed E-state index contributed by atoms with van der Waals surface area (Å²) in [5.41, 5.74) is -0.871. The standard InChI is InChI=1S/C14H23N3O4/c1-10(2)14(12(19)20)4-7-17(9-14)13(21)16-6-3-5-15-11(18)8-16/h10H,3-9H2,1-2H3,(H,15,18)(H,19,20). The van der Waals surface area contributed by atoms with Crippen LogP contribution in [0.4, 0.5) is 4.79 Å². The molecule has 7 heteroatoms. The number of rotatable bonds is 2. The molecule has 0 bridgehead atoms. The first kappa shape index (κ1) is 15.6. The summed E-state index contributed by atoms with van der Waals surface area (Å²) in [7, 11) is 0. The van der Waals surface area contributed by atoms with Crippen molar-refractivity contribution < 1.29 is 19.5 Å². The Labute approximate surface area is 124 Å². The minimum atomic E-state index is -0.871. The molecule has 2 fully saturated rings. The van der Waals surface area contributed by atoms with Gasteiger partial charge in [-0.25, -0.2) is 4.79 Å². The van der Waals surface area contributed by atoms with Crippen molar-refractivity contribution in [2.45, 2.75) is 26.7 Å². The molecule has 0 radical (unpaired) electrons. The summed E-state index contributed by atoms with van der Waals surface area (Å²) in [6.07, 6.45) is 1.19. The summed E-state index contributed by atoms with van der Waals surface area (Å²) >= 11 is 0. The van der Waals surface area contributed by atoms with E-state index in [1.54, 1.807) is 4.90 Å². The average Bonchev–Trinajstić information content (AvgIpc) is 2.77. The molecular formula is C14H23N3O4. The summed E-state index contributed by atoms with van der Waals surface area (Å²) in [6.45, 7) is 5.56. The van der Waals surface area contributed by atoms with Crippen LogP contribution in [0, 0.1) is 11.3 Å². The quantitative estimate of drug-likeness (QED) is 0.770. The maximum Gasteiger partial charge on any atom is 0.320 e. The molecular weight excluding hydrogens is 274 g/mol. The number of hydrogen-bond donors (Lipinski definition) is 2. The minimum absolute atomic E-state index is 0.0415. The van der Waals surface area contributed by atoms with Gasteiger partial charge in [-0.3, -0.25) is 9.59 Å². The van der Waals surface area contributed by atoms with Crippen LogP contribution in [0.5, 0.6) is 0 Å². The Kier molecular flexibility index (Phi) is 4.39. The first-order valence-electron chi connectivity index (χ1n) is 7.41. The zero-order chi connectivity index (χ0) is 15.6. The Morgan fingerprint density at radius 1 is 1.29 bits per heavy atom. The summed E-state index contributed by atoms with van der Waals surface area (Å²) in [6, 6.07) is -0.226. The van der Waals surface area contributed by atoms with E-state index in [0.29, 0.717) is 26.1 Å². The summed E-state index contributed by atoms with van der Waals surface area (Å²) in [5.74, 6) is -1.05. The molecule has 1 unspecified atom stereocenters. The molecule has 0 aromatic heterocycles. The molecule has 2 heterocycles. The third kappa shape index (κ3) is 2.96. The average molecular weight is 297 g/mol. The molecule has 0 spiro atoms. The van der Waals surface area contributed by atoms with Gasteiger partial charge in [0, 0.05) is 26.2 Å². The number of hydrogen-bond acceptors (Lipinski definition) is 3. The van der Waals surface area contributed by atoms with E-state index < -0.39 is 11.4 Å². The number of carboxylic acids is 1. The van der Waals surface area contributed by atoms with Crippen molar-refractivity contribution in [1.82, 2.24) is 15.1 Å². The van der Waals surface area contributed by atoms with Crippen LogP contribution in [0.15, 0.2) is 0 Å². The second-order valence-corrected chi connectivity index (χ2v) is 6.20. The monoisotopic (exact) mass is 297 g/mol. The molecule has 0 aromatic carbocycles. The van der Waals surface area contributed by atoms with Crippen LogP contribution in [-0.2, 0) is 9.59 Å². The molecule has 118 valence electrons. The lowest BCUT2D eigenvalue weighted by Crippen LogP contribution is -2.47. The van der Waals surface area contributed by atoms with Crippen LogP contribution in [0.25, 0.3) is 0 Å². The van der Waals surface area contributed by atoms with E-state index >= 15 is 0 Å². The Bertz CT molecular complexity index is 452. The second kappa shape index (κ2) is 5.91. The van der Waals surface area contributed by atoms with Crippen LogP contribution in [0.2, 0.25) is 0 Å². The predicted molar refractivity (Wildman–Crippen MR) is 75.7 cm³/mol. The molecule has 3 amide bonds. The molecule has 7 nitrogen and oxygen atoms in total. The van der Waals surface area contributed by atoms with E-state index in [2.05, 4.69) is 5.32 Å². The van der Waals surface area contributed by atoms with Crippen molar-refractivity contribution >= 4 is 17.9 Å². The molecule has 2 rings (SSSR count). The lowest BCUT2D eigenvalue weighted by Gasteiger charge is -2.30. The van der Waals surface area contributed by atoms with Gasteiger partial charge < -0.3 is 20.2 Å². The highest BCUT2D eigenvalue weighted by molar-refractivity contribution is 5.85. The smallest absolute Gasteiger partial charge is 0.320 e. The molecule has 0 saturated carbocycles. The zero-order valence-electron chi connectivity index (χ0n) is 12.6. The van der Waals surface area contributed by atoms with Gasteiger partial charge in [-0.1, -0.05) is 13.8 Å². The molecule has 21 heavy (non-hydrogen) atoms. The predicted octanol–water partition coefficient (Wildman–Crippen LogP) is 0.361. The molecule has 2 N–H and O–H groups in total. The third-order valence-electron chi connectivity index (χ3n) is 4.63. The van der Waals surface area contributed by atoms with Gasteiger partial charge in [0.25, 0.3) is 0 Å². The number of carbonyl (C=O) groups excluding carboxylic acids is 2. The van der Waals surface area contributed by atoms with Gasteiger partial charge in [0.15, 0.2) is 0 Å². The van der Waals surface area contributed by atoms with Crippen LogP contribution in [-0.4, -0.2) is 65.5 Å². The topological polar surface area (TPSA) is 89.9 Å². The molecule has 2 aliphatic heterocycles. The number of likely N-dealkylation sites (tertiary alicyclic amines) is 1. The highest BCUT2D eigenvalue weighted by Crippen LogP contribution is 2.38. The largest absolute Gasteiger partial charge is 0.481 e. The zero-order valence-corrected chi connectivity index (χ0v) is 12.6. The van der Waals surface area contributed by atoms with Crippen molar-refractivity contribution in [2.24, 2.45) is 11.3 Å². The summed E-state index contributed by atoms with van der Waals surface area (Å²) in [4.78, 5) is 38.7. The van der Waals surface area contributed by atoms with Crippen molar-refractivity contribution in [2.75, 3.05) is 32.7 Å². The minimum Gasteiger partial charge on any atom is -0.481 e. The fraction of sp³-hybridized carbons (Fsp3) is 0.786. The fourth-order valence-electron chi connectivity index (χ4n) is 3.06. The maximum absolute atomic E-state index is 12.5. The maximum atomic E-state index is 12.5. The van der Waals surface area contributed by atoms with Gasteiger partial charge in [-0.15, -0.1) is 0 Å². The molecule has 1 atom stereocenters. The summed E-state index contributed by atoms with van der Waals surface area (Å²) < 4.78 is 0. The van der Waals surface area contributed by atoms with E-state index in [0.717, 1.165) is 6.42 Å². The van der Waals surface area contributed by atoms with Crippen LogP contribution in [0.1, 0.15) is 26.7 Å². The van der Waals surface area contributed by atoms with Crippen molar-refractivity contribution in [3.8, 4) is 0 Å². The van der Waals surface area contributed by atoms with Crippen LogP contribution >= 0.6 is 0 Å².